The Labute approximate surface area is 103 Å². The molecule has 0 spiro atoms. The molecule has 2 N–H and O–H groups in total. The van der Waals surface area contributed by atoms with Gasteiger partial charge in [-0.3, -0.25) is 0 Å². The molecule has 0 atom stereocenters. The van der Waals surface area contributed by atoms with Gasteiger partial charge in [-0.05, 0) is 42.5 Å². The lowest BCUT2D eigenvalue weighted by Crippen LogP contribution is -2.21. The summed E-state index contributed by atoms with van der Waals surface area (Å²) in [5.41, 5.74) is 8.79. The van der Waals surface area contributed by atoms with Crippen LogP contribution in [0.15, 0.2) is 12.1 Å². The van der Waals surface area contributed by atoms with Crippen LogP contribution in [0, 0.1) is 0 Å². The summed E-state index contributed by atoms with van der Waals surface area (Å²) in [5, 5.41) is 0. The molecule has 1 aromatic rings. The molecular formula is C14H21NO2. The highest BCUT2D eigenvalue weighted by Gasteiger charge is 2.44. The van der Waals surface area contributed by atoms with E-state index in [0.717, 1.165) is 24.5 Å². The van der Waals surface area contributed by atoms with Gasteiger partial charge in [-0.2, -0.15) is 0 Å². The van der Waals surface area contributed by atoms with Gasteiger partial charge in [0.15, 0.2) is 11.5 Å². The average Bonchev–Trinajstić information content (AvgIpc) is 3.18. The molecule has 1 fully saturated rings. The predicted molar refractivity (Wildman–Crippen MR) is 68.9 cm³/mol. The Bertz CT molecular complexity index is 411. The minimum Gasteiger partial charge on any atom is -0.493 e. The van der Waals surface area contributed by atoms with E-state index in [1.807, 2.05) is 0 Å². The number of rotatable bonds is 5. The monoisotopic (exact) mass is 235 g/mol. The van der Waals surface area contributed by atoms with E-state index in [1.54, 1.807) is 14.2 Å². The fraction of sp³-hybridized carbons (Fsp3) is 0.571. The van der Waals surface area contributed by atoms with Crippen molar-refractivity contribution in [2.75, 3.05) is 20.8 Å². The van der Waals surface area contributed by atoms with E-state index in [9.17, 15) is 0 Å². The summed E-state index contributed by atoms with van der Waals surface area (Å²) in [6.07, 6.45) is 3.37. The highest BCUT2D eigenvalue weighted by Crippen LogP contribution is 2.50. The van der Waals surface area contributed by atoms with E-state index < -0.39 is 0 Å². The largest absolute Gasteiger partial charge is 0.493 e. The molecule has 0 bridgehead atoms. The second kappa shape index (κ2) is 4.57. The van der Waals surface area contributed by atoms with Crippen LogP contribution in [0.5, 0.6) is 11.5 Å². The number of methoxy groups -OCH3 is 2. The first kappa shape index (κ1) is 12.2. The third-order valence-electron chi connectivity index (χ3n) is 3.81. The quantitative estimate of drug-likeness (QED) is 0.851. The smallest absolute Gasteiger partial charge is 0.161 e. The Balaban J connectivity index is 2.50. The zero-order valence-corrected chi connectivity index (χ0v) is 10.9. The molecular weight excluding hydrogens is 214 g/mol. The van der Waals surface area contributed by atoms with Crippen LogP contribution < -0.4 is 15.2 Å². The van der Waals surface area contributed by atoms with Gasteiger partial charge in [0.1, 0.15) is 0 Å². The Kier molecular flexibility index (Phi) is 3.29. The Morgan fingerprint density at radius 1 is 1.18 bits per heavy atom. The normalized spacial score (nSPS) is 16.7. The summed E-state index contributed by atoms with van der Waals surface area (Å²) in [7, 11) is 3.35. The van der Waals surface area contributed by atoms with E-state index in [-0.39, 0.29) is 5.41 Å². The van der Waals surface area contributed by atoms with Gasteiger partial charge < -0.3 is 15.2 Å². The number of ether oxygens (including phenoxy) is 2. The molecule has 0 aromatic heterocycles. The molecule has 0 aliphatic heterocycles. The summed E-state index contributed by atoms with van der Waals surface area (Å²) in [6.45, 7) is 2.88. The number of hydrogen-bond acceptors (Lipinski definition) is 3. The Hall–Kier alpha value is -1.22. The lowest BCUT2D eigenvalue weighted by Gasteiger charge is -2.20. The van der Waals surface area contributed by atoms with Crippen molar-refractivity contribution in [1.29, 1.82) is 0 Å². The first-order valence-electron chi connectivity index (χ1n) is 6.16. The van der Waals surface area contributed by atoms with Gasteiger partial charge >= 0.3 is 0 Å². The standard InChI is InChI=1S/C14H21NO2/c1-4-10-7-12(16-2)13(17-3)8-11(10)14(9-15)5-6-14/h7-8H,4-6,9,15H2,1-3H3. The number of nitrogens with two attached hydrogens (primary N) is 1. The van der Waals surface area contributed by atoms with Crippen molar-refractivity contribution >= 4 is 0 Å². The second-order valence-corrected chi connectivity index (χ2v) is 4.70. The van der Waals surface area contributed by atoms with Crippen molar-refractivity contribution in [2.45, 2.75) is 31.6 Å². The Morgan fingerprint density at radius 2 is 1.76 bits per heavy atom. The maximum atomic E-state index is 5.91. The molecule has 17 heavy (non-hydrogen) atoms. The molecule has 0 heterocycles. The van der Waals surface area contributed by atoms with E-state index in [1.165, 1.54) is 24.0 Å². The van der Waals surface area contributed by atoms with E-state index >= 15 is 0 Å². The number of hydrogen-bond donors (Lipinski definition) is 1. The van der Waals surface area contributed by atoms with Crippen molar-refractivity contribution in [2.24, 2.45) is 5.73 Å². The fourth-order valence-corrected chi connectivity index (χ4v) is 2.44. The van der Waals surface area contributed by atoms with Crippen LogP contribution >= 0.6 is 0 Å². The van der Waals surface area contributed by atoms with Gasteiger partial charge in [0.05, 0.1) is 14.2 Å². The summed E-state index contributed by atoms with van der Waals surface area (Å²) < 4.78 is 10.7. The predicted octanol–water partition coefficient (Wildman–Crippen LogP) is 2.26. The molecule has 0 unspecified atom stereocenters. The van der Waals surface area contributed by atoms with Gasteiger partial charge in [-0.15, -0.1) is 0 Å². The molecule has 1 aromatic carbocycles. The van der Waals surface area contributed by atoms with Crippen LogP contribution in [0.3, 0.4) is 0 Å². The van der Waals surface area contributed by atoms with Crippen molar-refractivity contribution in [3.8, 4) is 11.5 Å². The molecule has 0 saturated heterocycles. The second-order valence-electron chi connectivity index (χ2n) is 4.70. The summed E-state index contributed by atoms with van der Waals surface area (Å²) >= 11 is 0. The number of aryl methyl sites for hydroxylation is 1. The lowest BCUT2D eigenvalue weighted by molar-refractivity contribution is 0.353. The Morgan fingerprint density at radius 3 is 2.18 bits per heavy atom. The molecule has 1 aliphatic rings. The van der Waals surface area contributed by atoms with Gasteiger partial charge in [0.2, 0.25) is 0 Å². The van der Waals surface area contributed by atoms with E-state index in [0.29, 0.717) is 0 Å². The maximum Gasteiger partial charge on any atom is 0.161 e. The molecule has 3 heteroatoms. The molecule has 94 valence electrons. The minimum atomic E-state index is 0.199. The van der Waals surface area contributed by atoms with E-state index in [2.05, 4.69) is 19.1 Å². The van der Waals surface area contributed by atoms with Gasteiger partial charge in [-0.25, -0.2) is 0 Å². The zero-order valence-electron chi connectivity index (χ0n) is 10.9. The van der Waals surface area contributed by atoms with Crippen LogP contribution in [-0.2, 0) is 11.8 Å². The SMILES string of the molecule is CCc1cc(OC)c(OC)cc1C1(CN)CC1. The van der Waals surface area contributed by atoms with Crippen molar-refractivity contribution in [1.82, 2.24) is 0 Å². The lowest BCUT2D eigenvalue weighted by atomic mass is 9.89. The topological polar surface area (TPSA) is 44.5 Å². The van der Waals surface area contributed by atoms with Crippen molar-refractivity contribution in [3.05, 3.63) is 23.3 Å². The van der Waals surface area contributed by atoms with Crippen LogP contribution in [-0.4, -0.2) is 20.8 Å². The third kappa shape index (κ3) is 2.00. The van der Waals surface area contributed by atoms with Gasteiger partial charge in [-0.1, -0.05) is 6.92 Å². The van der Waals surface area contributed by atoms with Crippen LogP contribution in [0.25, 0.3) is 0 Å². The number of benzene rings is 1. The van der Waals surface area contributed by atoms with Gasteiger partial charge in [0.25, 0.3) is 0 Å². The zero-order chi connectivity index (χ0) is 12.5. The summed E-state index contributed by atoms with van der Waals surface area (Å²) in [6, 6.07) is 4.20. The van der Waals surface area contributed by atoms with E-state index in [4.69, 9.17) is 15.2 Å². The molecule has 3 nitrogen and oxygen atoms in total. The fourth-order valence-electron chi connectivity index (χ4n) is 2.44. The first-order chi connectivity index (χ1) is 8.20. The average molecular weight is 235 g/mol. The van der Waals surface area contributed by atoms with Crippen LogP contribution in [0.2, 0.25) is 0 Å². The minimum absolute atomic E-state index is 0.199. The molecule has 0 radical (unpaired) electrons. The molecule has 0 amide bonds. The van der Waals surface area contributed by atoms with Gasteiger partial charge in [0, 0.05) is 12.0 Å². The molecule has 1 saturated carbocycles. The third-order valence-corrected chi connectivity index (χ3v) is 3.81. The highest BCUT2D eigenvalue weighted by atomic mass is 16.5. The van der Waals surface area contributed by atoms with Crippen molar-refractivity contribution in [3.63, 3.8) is 0 Å². The molecule has 2 rings (SSSR count). The molecule has 1 aliphatic carbocycles. The van der Waals surface area contributed by atoms with Crippen molar-refractivity contribution < 1.29 is 9.47 Å². The highest BCUT2D eigenvalue weighted by molar-refractivity contribution is 5.51. The first-order valence-corrected chi connectivity index (χ1v) is 6.16. The van der Waals surface area contributed by atoms with Crippen LogP contribution in [0.4, 0.5) is 0 Å². The summed E-state index contributed by atoms with van der Waals surface area (Å²) in [4.78, 5) is 0. The maximum absolute atomic E-state index is 5.91. The van der Waals surface area contributed by atoms with Crippen LogP contribution in [0.1, 0.15) is 30.9 Å². The summed E-state index contributed by atoms with van der Waals surface area (Å²) in [5.74, 6) is 1.61.